The van der Waals surface area contributed by atoms with Gasteiger partial charge in [0.05, 0.1) is 5.69 Å². The van der Waals surface area contributed by atoms with Gasteiger partial charge in [0.25, 0.3) is 0 Å². The number of benzene rings is 1. The molecule has 2 rings (SSSR count). The van der Waals surface area contributed by atoms with Gasteiger partial charge in [-0.25, -0.2) is 4.79 Å². The number of hydrogen-bond acceptors (Lipinski definition) is 3. The number of rotatable bonds is 1. The van der Waals surface area contributed by atoms with Crippen LogP contribution in [0.5, 0.6) is 5.75 Å². The van der Waals surface area contributed by atoms with Crippen LogP contribution in [0, 0.1) is 0 Å². The minimum Gasteiger partial charge on any atom is -0.508 e. The van der Waals surface area contributed by atoms with E-state index in [4.69, 9.17) is 5.11 Å². The summed E-state index contributed by atoms with van der Waals surface area (Å²) < 4.78 is 37.5. The van der Waals surface area contributed by atoms with Crippen LogP contribution in [-0.2, 0) is 16.0 Å². The van der Waals surface area contributed by atoms with Crippen molar-refractivity contribution >= 4 is 17.6 Å². The first-order chi connectivity index (χ1) is 8.73. The summed E-state index contributed by atoms with van der Waals surface area (Å²) in [4.78, 5) is 22.5. The van der Waals surface area contributed by atoms with Crippen LogP contribution in [0.1, 0.15) is 5.56 Å². The lowest BCUT2D eigenvalue weighted by Crippen LogP contribution is -2.48. The molecular weight excluding hydrogens is 267 g/mol. The fourth-order valence-electron chi connectivity index (χ4n) is 2.04. The highest BCUT2D eigenvalue weighted by Gasteiger charge is 2.50. The normalized spacial score (nSPS) is 18.3. The summed E-state index contributed by atoms with van der Waals surface area (Å²) in [6, 6.07) is 1.97. The Bertz CT molecular complexity index is 555. The van der Waals surface area contributed by atoms with Crippen molar-refractivity contribution in [2.75, 3.05) is 4.90 Å². The fraction of sp³-hybridized carbons (Fsp3) is 0.273. The minimum atomic E-state index is -5.18. The molecule has 1 atom stereocenters. The number of hydrogen-bond donors (Lipinski definition) is 2. The second kappa shape index (κ2) is 4.15. The van der Waals surface area contributed by atoms with Crippen molar-refractivity contribution in [2.24, 2.45) is 0 Å². The summed E-state index contributed by atoms with van der Waals surface area (Å²) in [7, 11) is 0. The van der Waals surface area contributed by atoms with Crippen molar-refractivity contribution in [3.05, 3.63) is 23.8 Å². The molecule has 0 saturated heterocycles. The number of carboxylic acids is 1. The molecule has 102 valence electrons. The quantitative estimate of drug-likeness (QED) is 0.809. The van der Waals surface area contributed by atoms with E-state index in [2.05, 4.69) is 0 Å². The SMILES string of the molecule is O=C(O)C1Cc2c(O)cccc2N1C(=O)C(F)(F)F. The number of aliphatic carboxylic acids is 1. The van der Waals surface area contributed by atoms with Crippen molar-refractivity contribution in [3.8, 4) is 5.75 Å². The lowest BCUT2D eigenvalue weighted by molar-refractivity contribution is -0.171. The minimum absolute atomic E-state index is 0.0208. The van der Waals surface area contributed by atoms with Gasteiger partial charge >= 0.3 is 18.1 Å². The zero-order valence-corrected chi connectivity index (χ0v) is 9.31. The van der Waals surface area contributed by atoms with E-state index in [1.165, 1.54) is 18.2 Å². The van der Waals surface area contributed by atoms with Gasteiger partial charge in [0.2, 0.25) is 0 Å². The summed E-state index contributed by atoms with van der Waals surface area (Å²) in [6.45, 7) is 0. The van der Waals surface area contributed by atoms with Crippen LogP contribution in [0.25, 0.3) is 0 Å². The first-order valence-corrected chi connectivity index (χ1v) is 5.17. The fourth-order valence-corrected chi connectivity index (χ4v) is 2.04. The highest BCUT2D eigenvalue weighted by Crippen LogP contribution is 2.39. The van der Waals surface area contributed by atoms with Crippen molar-refractivity contribution in [3.63, 3.8) is 0 Å². The Morgan fingerprint density at radius 2 is 1.95 bits per heavy atom. The Morgan fingerprint density at radius 3 is 2.47 bits per heavy atom. The molecule has 19 heavy (non-hydrogen) atoms. The first-order valence-electron chi connectivity index (χ1n) is 5.17. The molecule has 0 fully saturated rings. The number of carboxylic acid groups (broad SMARTS) is 1. The molecule has 0 aliphatic carbocycles. The number of nitrogens with zero attached hydrogens (tertiary/aromatic N) is 1. The highest BCUT2D eigenvalue weighted by atomic mass is 19.4. The zero-order valence-electron chi connectivity index (χ0n) is 9.31. The average Bonchev–Trinajstić information content (AvgIpc) is 2.67. The molecule has 0 spiro atoms. The maximum atomic E-state index is 12.5. The van der Waals surface area contributed by atoms with Gasteiger partial charge in [-0.2, -0.15) is 13.2 Å². The molecule has 1 heterocycles. The van der Waals surface area contributed by atoms with Crippen LogP contribution in [0.2, 0.25) is 0 Å². The molecule has 0 saturated carbocycles. The molecule has 1 aliphatic rings. The van der Waals surface area contributed by atoms with Crippen molar-refractivity contribution < 1.29 is 33.0 Å². The van der Waals surface area contributed by atoms with Gasteiger partial charge in [0.15, 0.2) is 0 Å². The smallest absolute Gasteiger partial charge is 0.471 e. The number of phenolic OH excluding ortho intramolecular Hbond substituents is 1. The molecule has 1 aliphatic heterocycles. The molecule has 1 unspecified atom stereocenters. The van der Waals surface area contributed by atoms with Gasteiger partial charge in [0.1, 0.15) is 11.8 Å². The van der Waals surface area contributed by atoms with E-state index < -0.39 is 24.1 Å². The maximum Gasteiger partial charge on any atom is 0.471 e. The number of halogens is 3. The molecule has 0 aromatic heterocycles. The molecular formula is C11H8F3NO4. The number of amides is 1. The van der Waals surface area contributed by atoms with E-state index in [1.807, 2.05) is 0 Å². The number of fused-ring (bicyclic) bond motifs is 1. The number of alkyl halides is 3. The standard InChI is InChI=1S/C11H8F3NO4/c12-11(13,14)10(19)15-6-2-1-3-8(16)5(6)4-7(15)9(17)18/h1-3,7,16H,4H2,(H,17,18). The van der Waals surface area contributed by atoms with Gasteiger partial charge in [-0.3, -0.25) is 9.69 Å². The van der Waals surface area contributed by atoms with Crippen LogP contribution >= 0.6 is 0 Å². The molecule has 0 bridgehead atoms. The highest BCUT2D eigenvalue weighted by molar-refractivity contribution is 6.04. The summed E-state index contributed by atoms with van der Waals surface area (Å²) in [5, 5.41) is 18.4. The Kier molecular flexibility index (Phi) is 2.88. The van der Waals surface area contributed by atoms with Crippen LogP contribution in [-0.4, -0.2) is 34.3 Å². The largest absolute Gasteiger partial charge is 0.508 e. The van der Waals surface area contributed by atoms with Crippen LogP contribution in [0.3, 0.4) is 0 Å². The van der Waals surface area contributed by atoms with Crippen LogP contribution in [0.4, 0.5) is 18.9 Å². The van der Waals surface area contributed by atoms with Crippen molar-refractivity contribution in [1.82, 2.24) is 0 Å². The van der Waals surface area contributed by atoms with Gasteiger partial charge in [-0.15, -0.1) is 0 Å². The van der Waals surface area contributed by atoms with E-state index in [0.717, 1.165) is 0 Å². The van der Waals surface area contributed by atoms with Crippen molar-refractivity contribution in [1.29, 1.82) is 0 Å². The zero-order chi connectivity index (χ0) is 14.4. The molecule has 1 aromatic carbocycles. The summed E-state index contributed by atoms with van der Waals surface area (Å²) in [5.41, 5.74) is -0.206. The van der Waals surface area contributed by atoms with E-state index >= 15 is 0 Å². The Hall–Kier alpha value is -2.25. The Balaban J connectivity index is 2.53. The third-order valence-electron chi connectivity index (χ3n) is 2.84. The number of aromatic hydroxyl groups is 1. The predicted molar refractivity (Wildman–Crippen MR) is 56.8 cm³/mol. The molecule has 1 aromatic rings. The number of carbonyl (C=O) groups excluding carboxylic acids is 1. The third-order valence-corrected chi connectivity index (χ3v) is 2.84. The monoisotopic (exact) mass is 275 g/mol. The van der Waals surface area contributed by atoms with Crippen LogP contribution in [0.15, 0.2) is 18.2 Å². The maximum absolute atomic E-state index is 12.5. The van der Waals surface area contributed by atoms with Gasteiger partial charge < -0.3 is 10.2 Å². The van der Waals surface area contributed by atoms with Crippen molar-refractivity contribution in [2.45, 2.75) is 18.6 Å². The second-order valence-corrected chi connectivity index (χ2v) is 4.01. The molecule has 2 N–H and O–H groups in total. The second-order valence-electron chi connectivity index (χ2n) is 4.01. The molecule has 5 nitrogen and oxygen atoms in total. The number of carbonyl (C=O) groups is 2. The van der Waals surface area contributed by atoms with Gasteiger partial charge in [-0.1, -0.05) is 6.07 Å². The summed E-state index contributed by atoms with van der Waals surface area (Å²) in [5.74, 6) is -4.15. The molecule has 1 amide bonds. The first kappa shape index (κ1) is 13.2. The lowest BCUT2D eigenvalue weighted by atomic mass is 10.1. The summed E-state index contributed by atoms with van der Waals surface area (Å²) in [6.07, 6.45) is -5.54. The van der Waals surface area contributed by atoms with Gasteiger partial charge in [-0.05, 0) is 12.1 Å². The van der Waals surface area contributed by atoms with E-state index in [1.54, 1.807) is 0 Å². The van der Waals surface area contributed by atoms with Crippen LogP contribution < -0.4 is 4.90 Å². The number of anilines is 1. The lowest BCUT2D eigenvalue weighted by Gasteiger charge is -2.23. The Morgan fingerprint density at radius 1 is 1.32 bits per heavy atom. The summed E-state index contributed by atoms with van der Waals surface area (Å²) >= 11 is 0. The van der Waals surface area contributed by atoms with E-state index in [-0.39, 0.29) is 28.3 Å². The molecule has 0 radical (unpaired) electrons. The van der Waals surface area contributed by atoms with E-state index in [0.29, 0.717) is 0 Å². The van der Waals surface area contributed by atoms with E-state index in [9.17, 15) is 27.9 Å². The average molecular weight is 275 g/mol. The van der Waals surface area contributed by atoms with Gasteiger partial charge in [0, 0.05) is 12.0 Å². The topological polar surface area (TPSA) is 77.8 Å². The molecule has 8 heteroatoms. The Labute approximate surface area is 104 Å². The predicted octanol–water partition coefficient (Wildman–Crippen LogP) is 1.30. The number of phenols is 1. The third kappa shape index (κ3) is 2.09.